The highest BCUT2D eigenvalue weighted by atomic mass is 16.3. The van der Waals surface area contributed by atoms with Crippen LogP contribution in [0.4, 0.5) is 0 Å². The Morgan fingerprint density at radius 1 is 1.31 bits per heavy atom. The highest BCUT2D eigenvalue weighted by Gasteiger charge is 2.49. The Labute approximate surface area is 170 Å². The van der Waals surface area contributed by atoms with Crippen molar-refractivity contribution in [2.45, 2.75) is 45.3 Å². The van der Waals surface area contributed by atoms with Gasteiger partial charge in [0.1, 0.15) is 12.4 Å². The molecule has 8 heteroatoms. The molecule has 1 aromatic rings. The first-order valence-electron chi connectivity index (χ1n) is 10.1. The van der Waals surface area contributed by atoms with Gasteiger partial charge in [0.05, 0.1) is 18.5 Å². The minimum atomic E-state index is -0.622. The van der Waals surface area contributed by atoms with Crippen LogP contribution in [0.2, 0.25) is 0 Å². The molecule has 0 bridgehead atoms. The molecule has 29 heavy (non-hydrogen) atoms. The second-order valence-electron chi connectivity index (χ2n) is 8.31. The molecule has 0 aromatic heterocycles. The number of hydrogen-bond acceptors (Lipinski definition) is 5. The minimum absolute atomic E-state index is 0.0535. The van der Waals surface area contributed by atoms with Crippen LogP contribution in [-0.4, -0.2) is 69.5 Å². The third-order valence-corrected chi connectivity index (χ3v) is 5.70. The molecule has 3 N–H and O–H groups in total. The molecule has 158 valence electrons. The Morgan fingerprint density at radius 3 is 2.72 bits per heavy atom. The number of benzene rings is 1. The van der Waals surface area contributed by atoms with E-state index in [1.807, 2.05) is 6.07 Å². The second kappa shape index (κ2) is 8.82. The molecule has 0 unspecified atom stereocenters. The zero-order valence-corrected chi connectivity index (χ0v) is 16.9. The summed E-state index contributed by atoms with van der Waals surface area (Å²) in [7, 11) is 0. The molecular weight excluding hydrogens is 374 g/mol. The lowest BCUT2D eigenvalue weighted by Crippen LogP contribution is -2.58. The van der Waals surface area contributed by atoms with Crippen LogP contribution in [0.5, 0.6) is 5.75 Å². The van der Waals surface area contributed by atoms with Gasteiger partial charge in [0.2, 0.25) is 17.7 Å². The number of carbonyl (C=O) groups excluding carboxylic acids is 3. The van der Waals surface area contributed by atoms with Gasteiger partial charge in [0, 0.05) is 19.1 Å². The molecule has 3 rings (SSSR count). The number of hydrogen-bond donors (Lipinski definition) is 3. The smallest absolute Gasteiger partial charge is 0.248 e. The highest BCUT2D eigenvalue weighted by molar-refractivity contribution is 5.89. The quantitative estimate of drug-likeness (QED) is 0.640. The molecule has 3 amide bonds. The van der Waals surface area contributed by atoms with E-state index in [9.17, 15) is 19.5 Å². The van der Waals surface area contributed by atoms with Crippen molar-refractivity contribution in [2.24, 2.45) is 11.8 Å². The van der Waals surface area contributed by atoms with Crippen molar-refractivity contribution in [2.75, 3.05) is 19.7 Å². The molecule has 2 aliphatic heterocycles. The Morgan fingerprint density at radius 2 is 2.07 bits per heavy atom. The van der Waals surface area contributed by atoms with Crippen LogP contribution in [0, 0.1) is 11.8 Å². The molecule has 2 fully saturated rings. The molecule has 0 spiro atoms. The number of nitrogens with one attached hydrogen (secondary N) is 1. The van der Waals surface area contributed by atoms with Crippen molar-refractivity contribution < 1.29 is 24.6 Å². The maximum Gasteiger partial charge on any atom is 0.248 e. The van der Waals surface area contributed by atoms with Gasteiger partial charge in [-0.1, -0.05) is 26.0 Å². The van der Waals surface area contributed by atoms with Gasteiger partial charge < -0.3 is 25.3 Å². The van der Waals surface area contributed by atoms with Crippen LogP contribution >= 0.6 is 0 Å². The summed E-state index contributed by atoms with van der Waals surface area (Å²) in [5.74, 6) is -0.655. The second-order valence-corrected chi connectivity index (χ2v) is 8.31. The predicted molar refractivity (Wildman–Crippen MR) is 106 cm³/mol. The zero-order chi connectivity index (χ0) is 21.1. The standard InChI is InChI=1S/C21H29N3O5/c1-13(2)6-18-17(21(29)22-9-14-4-3-5-16(26)7-14)8-15-10-23(20(28)12-25)11-19(27)24(15)18/h3-5,7,13,15,17-18,25-26H,6,8-12H2,1-2H3,(H,22,29)/t15-,17-,18-/m0/s1. The van der Waals surface area contributed by atoms with Crippen LogP contribution in [0.25, 0.3) is 0 Å². The molecule has 2 aliphatic rings. The van der Waals surface area contributed by atoms with Crippen LogP contribution in [0.1, 0.15) is 32.3 Å². The van der Waals surface area contributed by atoms with E-state index in [1.54, 1.807) is 23.1 Å². The fourth-order valence-corrected chi connectivity index (χ4v) is 4.46. The van der Waals surface area contributed by atoms with E-state index in [1.165, 1.54) is 4.90 Å². The lowest BCUT2D eigenvalue weighted by Gasteiger charge is -2.40. The first-order chi connectivity index (χ1) is 13.8. The Kier molecular flexibility index (Phi) is 6.42. The third kappa shape index (κ3) is 4.70. The number of fused-ring (bicyclic) bond motifs is 1. The lowest BCUT2D eigenvalue weighted by atomic mass is 9.91. The number of aliphatic hydroxyl groups is 1. The van der Waals surface area contributed by atoms with Crippen LogP contribution < -0.4 is 5.32 Å². The number of rotatable bonds is 6. The van der Waals surface area contributed by atoms with E-state index in [4.69, 9.17) is 5.11 Å². The molecule has 0 radical (unpaired) electrons. The maximum absolute atomic E-state index is 13.0. The molecule has 0 aliphatic carbocycles. The number of amides is 3. The summed E-state index contributed by atoms with van der Waals surface area (Å²) in [6.45, 7) is 4.09. The summed E-state index contributed by atoms with van der Waals surface area (Å²) in [6, 6.07) is 6.30. The van der Waals surface area contributed by atoms with E-state index < -0.39 is 12.5 Å². The first-order valence-corrected chi connectivity index (χ1v) is 10.1. The number of carbonyl (C=O) groups is 3. The number of phenolic OH excluding ortho intramolecular Hbond substituents is 1. The molecular formula is C21H29N3O5. The van der Waals surface area contributed by atoms with Crippen LogP contribution in [-0.2, 0) is 20.9 Å². The van der Waals surface area contributed by atoms with Gasteiger partial charge in [-0.25, -0.2) is 0 Å². The number of nitrogens with zero attached hydrogens (tertiary/aromatic N) is 2. The first kappa shape index (κ1) is 21.1. The summed E-state index contributed by atoms with van der Waals surface area (Å²) in [5.41, 5.74) is 0.797. The topological polar surface area (TPSA) is 110 Å². The fourth-order valence-electron chi connectivity index (χ4n) is 4.46. The average Bonchev–Trinajstić information content (AvgIpc) is 3.03. The SMILES string of the molecule is CC(C)C[C@H]1[C@@H](C(=O)NCc2cccc(O)c2)C[C@H]2CN(C(=O)CO)CC(=O)N21. The van der Waals surface area contributed by atoms with Crippen molar-refractivity contribution in [3.8, 4) is 5.75 Å². The fraction of sp³-hybridized carbons (Fsp3) is 0.571. The minimum Gasteiger partial charge on any atom is -0.508 e. The van der Waals surface area contributed by atoms with Gasteiger partial charge in [-0.2, -0.15) is 0 Å². The zero-order valence-electron chi connectivity index (χ0n) is 16.9. The van der Waals surface area contributed by atoms with Gasteiger partial charge in [0.15, 0.2) is 0 Å². The molecule has 2 saturated heterocycles. The molecule has 2 heterocycles. The Balaban J connectivity index is 1.73. The van der Waals surface area contributed by atoms with E-state index in [0.717, 1.165) is 5.56 Å². The van der Waals surface area contributed by atoms with Crippen LogP contribution in [0.3, 0.4) is 0 Å². The number of aromatic hydroxyl groups is 1. The van der Waals surface area contributed by atoms with Crippen molar-refractivity contribution in [1.29, 1.82) is 0 Å². The van der Waals surface area contributed by atoms with E-state index >= 15 is 0 Å². The largest absolute Gasteiger partial charge is 0.508 e. The van der Waals surface area contributed by atoms with Gasteiger partial charge in [-0.15, -0.1) is 0 Å². The number of aliphatic hydroxyl groups excluding tert-OH is 1. The van der Waals surface area contributed by atoms with Gasteiger partial charge in [-0.3, -0.25) is 14.4 Å². The lowest BCUT2D eigenvalue weighted by molar-refractivity contribution is -0.150. The third-order valence-electron chi connectivity index (χ3n) is 5.70. The predicted octanol–water partition coefficient (Wildman–Crippen LogP) is 0.475. The molecule has 0 saturated carbocycles. The highest BCUT2D eigenvalue weighted by Crippen LogP contribution is 2.36. The average molecular weight is 403 g/mol. The summed E-state index contributed by atoms with van der Waals surface area (Å²) in [4.78, 5) is 40.8. The van der Waals surface area contributed by atoms with Crippen molar-refractivity contribution in [1.82, 2.24) is 15.1 Å². The monoisotopic (exact) mass is 403 g/mol. The van der Waals surface area contributed by atoms with Crippen LogP contribution in [0.15, 0.2) is 24.3 Å². The van der Waals surface area contributed by atoms with Crippen molar-refractivity contribution in [3.05, 3.63) is 29.8 Å². The summed E-state index contributed by atoms with van der Waals surface area (Å²) >= 11 is 0. The molecule has 3 atom stereocenters. The van der Waals surface area contributed by atoms with Crippen molar-refractivity contribution >= 4 is 17.7 Å². The van der Waals surface area contributed by atoms with E-state index in [0.29, 0.717) is 31.8 Å². The maximum atomic E-state index is 13.0. The number of piperazine rings is 1. The van der Waals surface area contributed by atoms with Gasteiger partial charge in [-0.05, 0) is 36.5 Å². The van der Waals surface area contributed by atoms with Crippen molar-refractivity contribution in [3.63, 3.8) is 0 Å². The van der Waals surface area contributed by atoms with E-state index in [-0.39, 0.29) is 42.1 Å². The summed E-state index contributed by atoms with van der Waals surface area (Å²) < 4.78 is 0. The Bertz CT molecular complexity index is 781. The summed E-state index contributed by atoms with van der Waals surface area (Å²) in [5, 5.41) is 21.6. The van der Waals surface area contributed by atoms with E-state index in [2.05, 4.69) is 19.2 Å². The normalized spacial score (nSPS) is 24.0. The molecule has 1 aromatic carbocycles. The molecule has 8 nitrogen and oxygen atoms in total. The van der Waals surface area contributed by atoms with Gasteiger partial charge >= 0.3 is 0 Å². The number of phenols is 1. The Hall–Kier alpha value is -2.61. The summed E-state index contributed by atoms with van der Waals surface area (Å²) in [6.07, 6.45) is 1.20. The van der Waals surface area contributed by atoms with Gasteiger partial charge in [0.25, 0.3) is 0 Å².